The number of carbonyl (C=O) groups excluding carboxylic acids is 1. The largest absolute Gasteiger partial charge is 0.493 e. The van der Waals surface area contributed by atoms with E-state index in [1.54, 1.807) is 30.7 Å². The van der Waals surface area contributed by atoms with E-state index in [4.69, 9.17) is 9.47 Å². The van der Waals surface area contributed by atoms with Gasteiger partial charge in [-0.15, -0.1) is 0 Å². The molecule has 29 heavy (non-hydrogen) atoms. The number of nitrogens with zero attached hydrogens (tertiary/aromatic N) is 2. The zero-order valence-electron chi connectivity index (χ0n) is 16.2. The molecule has 0 fully saturated rings. The van der Waals surface area contributed by atoms with Gasteiger partial charge in [0.2, 0.25) is 0 Å². The third kappa shape index (κ3) is 6.46. The van der Waals surface area contributed by atoms with E-state index in [9.17, 15) is 4.79 Å². The van der Waals surface area contributed by atoms with Gasteiger partial charge in [-0.2, -0.15) is 5.10 Å². The number of amides is 1. The maximum Gasteiger partial charge on any atom is 0.271 e. The fraction of sp³-hybridized carbons (Fsp3) is 0.174. The number of hydrogen-bond donors (Lipinski definition) is 1. The fourth-order valence-electron chi connectivity index (χ4n) is 2.53. The van der Waals surface area contributed by atoms with Crippen LogP contribution in [0.2, 0.25) is 0 Å². The number of aromatic nitrogens is 1. The summed E-state index contributed by atoms with van der Waals surface area (Å²) < 4.78 is 11.5. The molecule has 6 nitrogen and oxygen atoms in total. The van der Waals surface area contributed by atoms with Crippen LogP contribution in [0.5, 0.6) is 11.5 Å². The van der Waals surface area contributed by atoms with E-state index >= 15 is 0 Å². The van der Waals surface area contributed by atoms with Crippen LogP contribution in [0, 0.1) is 6.92 Å². The van der Waals surface area contributed by atoms with Crippen LogP contribution in [0.3, 0.4) is 0 Å². The summed E-state index contributed by atoms with van der Waals surface area (Å²) >= 11 is 0. The molecular weight excluding hydrogens is 366 g/mol. The molecule has 6 heteroatoms. The summed E-state index contributed by atoms with van der Waals surface area (Å²) in [5, 5.41) is 3.97. The van der Waals surface area contributed by atoms with Crippen molar-refractivity contribution >= 4 is 12.1 Å². The topological polar surface area (TPSA) is 72.8 Å². The van der Waals surface area contributed by atoms with Crippen LogP contribution in [0.25, 0.3) is 0 Å². The normalized spacial score (nSPS) is 10.7. The summed E-state index contributed by atoms with van der Waals surface area (Å²) in [5.74, 6) is 1.41. The molecule has 0 aliphatic carbocycles. The molecule has 0 aliphatic rings. The highest BCUT2D eigenvalue weighted by atomic mass is 16.5. The molecule has 2 aromatic carbocycles. The molecule has 0 saturated carbocycles. The fourth-order valence-corrected chi connectivity index (χ4v) is 2.53. The number of para-hydroxylation sites is 1. The summed E-state index contributed by atoms with van der Waals surface area (Å²) in [6, 6.07) is 18.7. The third-order valence-corrected chi connectivity index (χ3v) is 4.11. The first-order chi connectivity index (χ1) is 14.2. The van der Waals surface area contributed by atoms with E-state index in [1.165, 1.54) is 0 Å². The van der Waals surface area contributed by atoms with Gasteiger partial charge in [0.15, 0.2) is 0 Å². The summed E-state index contributed by atoms with van der Waals surface area (Å²) in [5.41, 5.74) is 4.98. The third-order valence-electron chi connectivity index (χ3n) is 4.11. The molecule has 0 spiro atoms. The van der Waals surface area contributed by atoms with Crippen LogP contribution >= 0.6 is 0 Å². The van der Waals surface area contributed by atoms with Gasteiger partial charge in [-0.05, 0) is 60.5 Å². The Balaban J connectivity index is 1.37. The van der Waals surface area contributed by atoms with Crippen LogP contribution in [0.1, 0.15) is 27.9 Å². The first-order valence-corrected chi connectivity index (χ1v) is 9.37. The van der Waals surface area contributed by atoms with Crippen molar-refractivity contribution in [2.45, 2.75) is 13.3 Å². The van der Waals surface area contributed by atoms with Crippen molar-refractivity contribution in [3.05, 3.63) is 89.7 Å². The molecule has 148 valence electrons. The molecule has 0 radical (unpaired) electrons. The number of pyridine rings is 1. The van der Waals surface area contributed by atoms with E-state index in [1.807, 2.05) is 55.5 Å². The van der Waals surface area contributed by atoms with Crippen molar-refractivity contribution in [1.82, 2.24) is 10.4 Å². The molecule has 1 N–H and O–H groups in total. The summed E-state index contributed by atoms with van der Waals surface area (Å²) in [7, 11) is 0. The number of hydrazone groups is 1. The lowest BCUT2D eigenvalue weighted by atomic mass is 10.2. The molecule has 0 atom stereocenters. The lowest BCUT2D eigenvalue weighted by molar-refractivity contribution is 0.0955. The van der Waals surface area contributed by atoms with Gasteiger partial charge >= 0.3 is 0 Å². The Morgan fingerprint density at radius 3 is 2.48 bits per heavy atom. The van der Waals surface area contributed by atoms with Gasteiger partial charge in [0, 0.05) is 24.4 Å². The predicted octanol–water partition coefficient (Wildman–Crippen LogP) is 4.00. The first-order valence-electron chi connectivity index (χ1n) is 9.37. The molecule has 0 bridgehead atoms. The molecule has 3 aromatic rings. The second-order valence-electron chi connectivity index (χ2n) is 6.32. The Kier molecular flexibility index (Phi) is 7.34. The van der Waals surface area contributed by atoms with Crippen molar-refractivity contribution in [2.24, 2.45) is 5.10 Å². The summed E-state index contributed by atoms with van der Waals surface area (Å²) in [6.07, 6.45) is 5.50. The highest BCUT2D eigenvalue weighted by Gasteiger charge is 2.02. The number of aryl methyl sites for hydroxylation is 1. The molecule has 0 saturated heterocycles. The average molecular weight is 389 g/mol. The minimum Gasteiger partial charge on any atom is -0.493 e. The zero-order chi connectivity index (χ0) is 20.3. The summed E-state index contributed by atoms with van der Waals surface area (Å²) in [6.45, 7) is 3.20. The second kappa shape index (κ2) is 10.6. The van der Waals surface area contributed by atoms with Gasteiger partial charge in [0.1, 0.15) is 11.5 Å². The van der Waals surface area contributed by atoms with Crippen LogP contribution in [-0.2, 0) is 0 Å². The van der Waals surface area contributed by atoms with Gasteiger partial charge in [-0.25, -0.2) is 5.43 Å². The van der Waals surface area contributed by atoms with Crippen molar-refractivity contribution in [1.29, 1.82) is 0 Å². The molecule has 0 unspecified atom stereocenters. The number of benzene rings is 2. The monoisotopic (exact) mass is 389 g/mol. The highest BCUT2D eigenvalue weighted by molar-refractivity contribution is 5.94. The predicted molar refractivity (Wildman–Crippen MR) is 113 cm³/mol. The van der Waals surface area contributed by atoms with Crippen molar-refractivity contribution in [2.75, 3.05) is 13.2 Å². The zero-order valence-corrected chi connectivity index (χ0v) is 16.2. The van der Waals surface area contributed by atoms with Gasteiger partial charge in [-0.1, -0.05) is 18.2 Å². The van der Waals surface area contributed by atoms with E-state index in [0.717, 1.165) is 29.0 Å². The molecule has 1 aromatic heterocycles. The smallest absolute Gasteiger partial charge is 0.271 e. The molecule has 0 aliphatic heterocycles. The summed E-state index contributed by atoms with van der Waals surface area (Å²) in [4.78, 5) is 15.8. The molecule has 3 rings (SSSR count). The van der Waals surface area contributed by atoms with Crippen LogP contribution < -0.4 is 14.9 Å². The minimum atomic E-state index is -0.281. The Labute approximate surface area is 170 Å². The average Bonchev–Trinajstić information content (AvgIpc) is 2.76. The Bertz CT molecular complexity index is 941. The number of carbonyl (C=O) groups is 1. The van der Waals surface area contributed by atoms with Crippen molar-refractivity contribution in [3.8, 4) is 11.5 Å². The maximum absolute atomic E-state index is 11.9. The highest BCUT2D eigenvalue weighted by Crippen LogP contribution is 2.16. The van der Waals surface area contributed by atoms with Gasteiger partial charge in [0.25, 0.3) is 5.91 Å². The van der Waals surface area contributed by atoms with E-state index in [0.29, 0.717) is 18.8 Å². The van der Waals surface area contributed by atoms with Gasteiger partial charge in [-0.3, -0.25) is 9.78 Å². The Hall–Kier alpha value is -3.67. The quantitative estimate of drug-likeness (QED) is 0.341. The lowest BCUT2D eigenvalue weighted by Crippen LogP contribution is -2.17. The van der Waals surface area contributed by atoms with Crippen LogP contribution in [0.15, 0.2) is 78.2 Å². The first kappa shape index (κ1) is 20.1. The number of rotatable bonds is 9. The maximum atomic E-state index is 11.9. The molecular formula is C23H23N3O3. The van der Waals surface area contributed by atoms with Gasteiger partial charge in [0.05, 0.1) is 19.4 Å². The van der Waals surface area contributed by atoms with E-state index in [-0.39, 0.29) is 5.91 Å². The van der Waals surface area contributed by atoms with Crippen molar-refractivity contribution in [3.63, 3.8) is 0 Å². The molecule has 1 amide bonds. The number of ether oxygens (including phenoxy) is 2. The van der Waals surface area contributed by atoms with E-state index < -0.39 is 0 Å². The van der Waals surface area contributed by atoms with Crippen LogP contribution in [0.4, 0.5) is 0 Å². The van der Waals surface area contributed by atoms with E-state index in [2.05, 4.69) is 15.5 Å². The standard InChI is InChI=1S/C23H23N3O3/c1-18-5-2-3-6-22(18)29-16-4-15-28-21-9-7-19(8-10-21)17-25-26-23(27)20-11-13-24-14-12-20/h2-3,5-14,17H,4,15-16H2,1H3,(H,26,27)/b25-17-. The number of hydrogen-bond acceptors (Lipinski definition) is 5. The Morgan fingerprint density at radius 1 is 1.00 bits per heavy atom. The minimum absolute atomic E-state index is 0.281. The van der Waals surface area contributed by atoms with Crippen LogP contribution in [-0.4, -0.2) is 30.3 Å². The lowest BCUT2D eigenvalue weighted by Gasteiger charge is -2.09. The Morgan fingerprint density at radius 2 is 1.72 bits per heavy atom. The SMILES string of the molecule is Cc1ccccc1OCCCOc1ccc(/C=N\NC(=O)c2ccncc2)cc1. The van der Waals surface area contributed by atoms with Gasteiger partial charge < -0.3 is 9.47 Å². The van der Waals surface area contributed by atoms with Crippen molar-refractivity contribution < 1.29 is 14.3 Å². The molecule has 1 heterocycles. The second-order valence-corrected chi connectivity index (χ2v) is 6.32. The number of nitrogens with one attached hydrogen (secondary N) is 1.